The molecular formula is C16H19BrN2O6. The van der Waals surface area contributed by atoms with Gasteiger partial charge in [-0.1, -0.05) is 22.0 Å². The standard InChI is InChI=1S/C16H19BrN2O6/c1-4-5-12-11(19(16(21)24-12)25-15(18)20)6-9-7-13(22-2)14(23-3)8-10(9)17/h4,7-8,11-12H,1,5-6H2,2-3H3,(H2,18,20)/t11-,12?/m1/s1. The van der Waals surface area contributed by atoms with Crippen molar-refractivity contribution in [3.05, 3.63) is 34.8 Å². The number of nitrogens with zero attached hydrogens (tertiary/aromatic N) is 1. The van der Waals surface area contributed by atoms with E-state index in [2.05, 4.69) is 22.5 Å². The van der Waals surface area contributed by atoms with Gasteiger partial charge in [0.15, 0.2) is 11.5 Å². The smallest absolute Gasteiger partial charge is 0.444 e. The summed E-state index contributed by atoms with van der Waals surface area (Å²) in [6, 6.07) is 2.97. The number of amides is 2. The van der Waals surface area contributed by atoms with E-state index in [1.54, 1.807) is 18.2 Å². The van der Waals surface area contributed by atoms with Crippen molar-refractivity contribution in [2.45, 2.75) is 25.0 Å². The molecule has 0 saturated carbocycles. The summed E-state index contributed by atoms with van der Waals surface area (Å²) < 4.78 is 16.6. The summed E-state index contributed by atoms with van der Waals surface area (Å²) >= 11 is 3.47. The number of halogens is 1. The number of hydrogen-bond acceptors (Lipinski definition) is 6. The number of hydrogen-bond donors (Lipinski definition) is 1. The summed E-state index contributed by atoms with van der Waals surface area (Å²) in [5.74, 6) is 1.10. The highest BCUT2D eigenvalue weighted by atomic mass is 79.9. The van der Waals surface area contributed by atoms with Crippen LogP contribution in [0.1, 0.15) is 12.0 Å². The molecule has 0 bridgehead atoms. The Morgan fingerprint density at radius 2 is 2.04 bits per heavy atom. The molecule has 9 heteroatoms. The predicted octanol–water partition coefficient (Wildman–Crippen LogP) is 2.78. The van der Waals surface area contributed by atoms with Crippen LogP contribution in [0.4, 0.5) is 9.59 Å². The molecule has 1 aromatic rings. The number of ether oxygens (including phenoxy) is 3. The molecule has 1 heterocycles. The maximum atomic E-state index is 12.0. The van der Waals surface area contributed by atoms with Gasteiger partial charge in [0.1, 0.15) is 12.1 Å². The van der Waals surface area contributed by atoms with Gasteiger partial charge in [0.25, 0.3) is 0 Å². The molecule has 136 valence electrons. The van der Waals surface area contributed by atoms with E-state index in [0.717, 1.165) is 15.1 Å². The quantitative estimate of drug-likeness (QED) is 0.688. The molecule has 0 aromatic heterocycles. The Kier molecular flexibility index (Phi) is 6.13. The van der Waals surface area contributed by atoms with Crippen LogP contribution in [0.2, 0.25) is 0 Å². The molecule has 0 radical (unpaired) electrons. The molecule has 1 aliphatic rings. The van der Waals surface area contributed by atoms with Crippen LogP contribution in [0.5, 0.6) is 11.5 Å². The molecule has 8 nitrogen and oxygen atoms in total. The Bertz CT molecular complexity index is 681. The maximum absolute atomic E-state index is 12.0. The molecule has 1 fully saturated rings. The van der Waals surface area contributed by atoms with Gasteiger partial charge in [-0.05, 0) is 17.7 Å². The average molecular weight is 415 g/mol. The van der Waals surface area contributed by atoms with Crippen LogP contribution in [0.15, 0.2) is 29.3 Å². The minimum Gasteiger partial charge on any atom is -0.493 e. The number of benzene rings is 1. The molecule has 0 spiro atoms. The first kappa shape index (κ1) is 18.9. The Morgan fingerprint density at radius 3 is 2.60 bits per heavy atom. The van der Waals surface area contributed by atoms with Crippen LogP contribution in [-0.2, 0) is 16.0 Å². The van der Waals surface area contributed by atoms with E-state index in [0.29, 0.717) is 24.3 Å². The fourth-order valence-electron chi connectivity index (χ4n) is 2.61. The van der Waals surface area contributed by atoms with Gasteiger partial charge in [0.2, 0.25) is 0 Å². The number of cyclic esters (lactones) is 1. The first-order valence-corrected chi connectivity index (χ1v) is 8.19. The van der Waals surface area contributed by atoms with Crippen LogP contribution in [0, 0.1) is 0 Å². The molecule has 2 amide bonds. The normalized spacial score (nSPS) is 19.3. The monoisotopic (exact) mass is 414 g/mol. The Morgan fingerprint density at radius 1 is 1.40 bits per heavy atom. The molecule has 1 saturated heterocycles. The fourth-order valence-corrected chi connectivity index (χ4v) is 3.09. The maximum Gasteiger partial charge on any atom is 0.444 e. The van der Waals surface area contributed by atoms with Crippen LogP contribution >= 0.6 is 15.9 Å². The highest BCUT2D eigenvalue weighted by molar-refractivity contribution is 9.10. The first-order chi connectivity index (χ1) is 11.9. The van der Waals surface area contributed by atoms with Crippen LogP contribution in [-0.4, -0.2) is 43.6 Å². The fraction of sp³-hybridized carbons (Fsp3) is 0.375. The summed E-state index contributed by atoms with van der Waals surface area (Å²) in [7, 11) is 3.07. The van der Waals surface area contributed by atoms with Gasteiger partial charge in [0, 0.05) is 17.3 Å². The lowest BCUT2D eigenvalue weighted by atomic mass is 9.99. The Labute approximate surface area is 153 Å². The highest BCUT2D eigenvalue weighted by Gasteiger charge is 2.44. The summed E-state index contributed by atoms with van der Waals surface area (Å²) in [5, 5.41) is 0.861. The first-order valence-electron chi connectivity index (χ1n) is 7.39. The van der Waals surface area contributed by atoms with Gasteiger partial charge < -0.3 is 24.8 Å². The minimum absolute atomic E-state index is 0.332. The number of carbonyl (C=O) groups is 2. The van der Waals surface area contributed by atoms with E-state index in [1.807, 2.05) is 0 Å². The molecule has 1 unspecified atom stereocenters. The SMILES string of the molecule is C=CCC1OC(=O)N(OC(N)=O)[C@@H]1Cc1cc(OC)c(OC)cc1Br. The van der Waals surface area contributed by atoms with Crippen LogP contribution in [0.3, 0.4) is 0 Å². The summed E-state index contributed by atoms with van der Waals surface area (Å²) in [6.07, 6.45) is -0.0232. The van der Waals surface area contributed by atoms with Gasteiger partial charge in [-0.3, -0.25) is 0 Å². The number of carbonyl (C=O) groups excluding carboxylic acids is 2. The number of rotatable bonds is 7. The second kappa shape index (κ2) is 8.11. The van der Waals surface area contributed by atoms with Crippen molar-refractivity contribution in [2.75, 3.05) is 14.2 Å². The third-order valence-corrected chi connectivity index (χ3v) is 4.47. The van der Waals surface area contributed by atoms with E-state index >= 15 is 0 Å². The number of primary amides is 1. The third kappa shape index (κ3) is 4.16. The highest BCUT2D eigenvalue weighted by Crippen LogP contribution is 2.36. The number of methoxy groups -OCH3 is 2. The van der Waals surface area contributed by atoms with Crippen molar-refractivity contribution in [1.82, 2.24) is 5.06 Å². The molecule has 0 aliphatic carbocycles. The average Bonchev–Trinajstić information content (AvgIpc) is 2.84. The van der Waals surface area contributed by atoms with Crippen LogP contribution in [0.25, 0.3) is 0 Å². The molecular weight excluding hydrogens is 396 g/mol. The minimum atomic E-state index is -1.09. The van der Waals surface area contributed by atoms with Crippen molar-refractivity contribution in [3.63, 3.8) is 0 Å². The number of hydroxylamine groups is 2. The topological polar surface area (TPSA) is 100 Å². The van der Waals surface area contributed by atoms with Crippen LogP contribution < -0.4 is 15.2 Å². The van der Waals surface area contributed by atoms with E-state index in [9.17, 15) is 9.59 Å². The number of nitrogens with two attached hydrogens (primary N) is 1. The van der Waals surface area contributed by atoms with Gasteiger partial charge in [-0.2, -0.15) is 0 Å². The Balaban J connectivity index is 2.34. The molecule has 1 aromatic carbocycles. The summed E-state index contributed by atoms with van der Waals surface area (Å²) in [4.78, 5) is 27.9. The lowest BCUT2D eigenvalue weighted by Crippen LogP contribution is -2.41. The van der Waals surface area contributed by atoms with E-state index < -0.39 is 24.3 Å². The van der Waals surface area contributed by atoms with Crippen molar-refractivity contribution < 1.29 is 28.6 Å². The van der Waals surface area contributed by atoms with Gasteiger partial charge in [-0.25, -0.2) is 9.59 Å². The van der Waals surface area contributed by atoms with E-state index in [1.165, 1.54) is 14.2 Å². The largest absolute Gasteiger partial charge is 0.493 e. The lowest BCUT2D eigenvalue weighted by molar-refractivity contribution is -0.0711. The predicted molar refractivity (Wildman–Crippen MR) is 92.3 cm³/mol. The molecule has 2 rings (SSSR count). The zero-order valence-electron chi connectivity index (χ0n) is 13.9. The zero-order valence-corrected chi connectivity index (χ0v) is 15.4. The summed E-state index contributed by atoms with van der Waals surface area (Å²) in [5.41, 5.74) is 5.86. The zero-order chi connectivity index (χ0) is 18.6. The van der Waals surface area contributed by atoms with E-state index in [-0.39, 0.29) is 0 Å². The van der Waals surface area contributed by atoms with Gasteiger partial charge in [0.05, 0.1) is 14.2 Å². The van der Waals surface area contributed by atoms with E-state index in [4.69, 9.17) is 24.8 Å². The van der Waals surface area contributed by atoms with Gasteiger partial charge in [-0.15, -0.1) is 11.6 Å². The third-order valence-electron chi connectivity index (χ3n) is 3.73. The summed E-state index contributed by atoms with van der Waals surface area (Å²) in [6.45, 7) is 3.66. The lowest BCUT2D eigenvalue weighted by Gasteiger charge is -2.23. The second-order valence-corrected chi connectivity index (χ2v) is 6.11. The molecule has 25 heavy (non-hydrogen) atoms. The van der Waals surface area contributed by atoms with Gasteiger partial charge >= 0.3 is 12.2 Å². The second-order valence-electron chi connectivity index (χ2n) is 5.25. The van der Waals surface area contributed by atoms with Crippen molar-refractivity contribution >= 4 is 28.1 Å². The molecule has 2 atom stereocenters. The Hall–Kier alpha value is -2.42. The molecule has 2 N–H and O–H groups in total. The molecule has 1 aliphatic heterocycles. The van der Waals surface area contributed by atoms with Crippen molar-refractivity contribution in [1.29, 1.82) is 0 Å². The van der Waals surface area contributed by atoms with Crippen molar-refractivity contribution in [2.24, 2.45) is 5.73 Å². The van der Waals surface area contributed by atoms with Crippen molar-refractivity contribution in [3.8, 4) is 11.5 Å².